The molecule has 1 aliphatic carbocycles. The SMILES string of the molecule is NCC1(N)CCCC1.[Cl-].[Cu+]. The van der Waals surface area contributed by atoms with Crippen LogP contribution in [-0.4, -0.2) is 12.1 Å². The van der Waals surface area contributed by atoms with Gasteiger partial charge in [0.2, 0.25) is 0 Å². The molecule has 66 valence electrons. The molecular weight excluding hydrogens is 199 g/mol. The Morgan fingerprint density at radius 2 is 1.60 bits per heavy atom. The summed E-state index contributed by atoms with van der Waals surface area (Å²) in [6.45, 7) is 0.660. The smallest absolute Gasteiger partial charge is 1.00 e. The molecule has 1 fully saturated rings. The standard InChI is InChI=1S/C6H14N2.ClH.Cu/c7-5-6(8)3-1-2-4-6;;/h1-5,7-8H2;1H;/q;;+1/p-1. The second-order valence-corrected chi connectivity index (χ2v) is 2.77. The van der Waals surface area contributed by atoms with Gasteiger partial charge in [-0.3, -0.25) is 0 Å². The zero-order valence-electron chi connectivity index (χ0n) is 5.87. The molecule has 1 saturated carbocycles. The molecule has 0 aliphatic heterocycles. The van der Waals surface area contributed by atoms with Gasteiger partial charge in [-0.1, -0.05) is 12.8 Å². The second kappa shape index (κ2) is 5.39. The molecule has 1 rings (SSSR count). The third-order valence-electron chi connectivity index (χ3n) is 2.01. The van der Waals surface area contributed by atoms with Crippen LogP contribution in [-0.2, 0) is 17.1 Å². The average molecular weight is 213 g/mol. The predicted molar refractivity (Wildman–Crippen MR) is 34.4 cm³/mol. The maximum Gasteiger partial charge on any atom is 1.00 e. The molecule has 0 unspecified atom stereocenters. The van der Waals surface area contributed by atoms with Crippen LogP contribution in [0.2, 0.25) is 0 Å². The van der Waals surface area contributed by atoms with Gasteiger partial charge in [0.1, 0.15) is 0 Å². The summed E-state index contributed by atoms with van der Waals surface area (Å²) in [4.78, 5) is 0. The molecular formula is C6H14ClCuN2. The van der Waals surface area contributed by atoms with Gasteiger partial charge < -0.3 is 23.9 Å². The minimum atomic E-state index is 0. The van der Waals surface area contributed by atoms with Crippen molar-refractivity contribution in [3.8, 4) is 0 Å². The molecule has 4 heteroatoms. The van der Waals surface area contributed by atoms with Gasteiger partial charge in [0.15, 0.2) is 0 Å². The van der Waals surface area contributed by atoms with Gasteiger partial charge in [-0.05, 0) is 12.8 Å². The normalized spacial score (nSPS) is 21.0. The van der Waals surface area contributed by atoms with E-state index in [2.05, 4.69) is 0 Å². The molecule has 0 aromatic rings. The van der Waals surface area contributed by atoms with Gasteiger partial charge in [-0.15, -0.1) is 0 Å². The van der Waals surface area contributed by atoms with Crippen LogP contribution in [0.25, 0.3) is 0 Å². The molecule has 4 N–H and O–H groups in total. The molecule has 2 nitrogen and oxygen atoms in total. The summed E-state index contributed by atoms with van der Waals surface area (Å²) < 4.78 is 0. The summed E-state index contributed by atoms with van der Waals surface area (Å²) in [7, 11) is 0. The average Bonchev–Trinajstić information content (AvgIpc) is 2.17. The Hall–Kier alpha value is 0.729. The first-order valence-corrected chi connectivity index (χ1v) is 3.26. The molecule has 0 bridgehead atoms. The Morgan fingerprint density at radius 3 is 1.80 bits per heavy atom. The third kappa shape index (κ3) is 3.22. The molecule has 0 heterocycles. The maximum atomic E-state index is 5.83. The van der Waals surface area contributed by atoms with Crippen LogP contribution >= 0.6 is 0 Å². The second-order valence-electron chi connectivity index (χ2n) is 2.77. The Morgan fingerprint density at radius 1 is 1.20 bits per heavy atom. The summed E-state index contributed by atoms with van der Waals surface area (Å²) in [6.07, 6.45) is 4.80. The molecule has 1 aliphatic rings. The van der Waals surface area contributed by atoms with Crippen molar-refractivity contribution in [2.24, 2.45) is 11.5 Å². The summed E-state index contributed by atoms with van der Waals surface area (Å²) in [5.74, 6) is 0. The fourth-order valence-corrected chi connectivity index (χ4v) is 1.28. The number of hydrogen-bond acceptors (Lipinski definition) is 2. The van der Waals surface area contributed by atoms with Crippen LogP contribution in [0.5, 0.6) is 0 Å². The van der Waals surface area contributed by atoms with Gasteiger partial charge in [-0.25, -0.2) is 0 Å². The Labute approximate surface area is 79.0 Å². The van der Waals surface area contributed by atoms with Crippen molar-refractivity contribution in [2.45, 2.75) is 31.2 Å². The summed E-state index contributed by atoms with van der Waals surface area (Å²) >= 11 is 0. The van der Waals surface area contributed by atoms with Crippen molar-refractivity contribution in [2.75, 3.05) is 6.54 Å². The van der Waals surface area contributed by atoms with Crippen LogP contribution in [0.3, 0.4) is 0 Å². The number of nitrogens with two attached hydrogens (primary N) is 2. The minimum absolute atomic E-state index is 0. The van der Waals surface area contributed by atoms with E-state index in [1.54, 1.807) is 0 Å². The van der Waals surface area contributed by atoms with Crippen molar-refractivity contribution in [3.63, 3.8) is 0 Å². The summed E-state index contributed by atoms with van der Waals surface area (Å²) in [5, 5.41) is 0. The van der Waals surface area contributed by atoms with Gasteiger partial charge in [-0.2, -0.15) is 0 Å². The summed E-state index contributed by atoms with van der Waals surface area (Å²) in [6, 6.07) is 0. The van der Waals surface area contributed by atoms with Crippen molar-refractivity contribution < 1.29 is 29.5 Å². The molecule has 0 atom stereocenters. The number of halogens is 1. The van der Waals surface area contributed by atoms with Crippen LogP contribution in [0.1, 0.15) is 25.7 Å². The van der Waals surface area contributed by atoms with Crippen LogP contribution < -0.4 is 23.9 Å². The first-order valence-electron chi connectivity index (χ1n) is 3.26. The van der Waals surface area contributed by atoms with Crippen molar-refractivity contribution in [3.05, 3.63) is 0 Å². The summed E-state index contributed by atoms with van der Waals surface area (Å²) in [5.41, 5.74) is 11.3. The Bertz CT molecular complexity index is 83.8. The van der Waals surface area contributed by atoms with Crippen molar-refractivity contribution >= 4 is 0 Å². The van der Waals surface area contributed by atoms with E-state index in [9.17, 15) is 0 Å². The molecule has 10 heavy (non-hydrogen) atoms. The number of rotatable bonds is 1. The fraction of sp³-hybridized carbons (Fsp3) is 1.00. The zero-order chi connectivity index (χ0) is 6.04. The van der Waals surface area contributed by atoms with E-state index in [1.807, 2.05) is 0 Å². The molecule has 0 radical (unpaired) electrons. The predicted octanol–water partition coefficient (Wildman–Crippen LogP) is -2.78. The van der Waals surface area contributed by atoms with Crippen molar-refractivity contribution in [1.82, 2.24) is 0 Å². The maximum absolute atomic E-state index is 5.83. The van der Waals surface area contributed by atoms with E-state index < -0.39 is 0 Å². The van der Waals surface area contributed by atoms with Gasteiger partial charge in [0, 0.05) is 12.1 Å². The number of hydrogen-bond donors (Lipinski definition) is 2. The zero-order valence-corrected chi connectivity index (χ0v) is 7.57. The minimum Gasteiger partial charge on any atom is -1.00 e. The van der Waals surface area contributed by atoms with E-state index in [-0.39, 0.29) is 35.0 Å². The van der Waals surface area contributed by atoms with Crippen LogP contribution in [0.4, 0.5) is 0 Å². The molecule has 0 aromatic carbocycles. The quantitative estimate of drug-likeness (QED) is 0.463. The van der Waals surface area contributed by atoms with E-state index in [1.165, 1.54) is 12.8 Å². The topological polar surface area (TPSA) is 52.0 Å². The Kier molecular flexibility index (Phi) is 7.18. The van der Waals surface area contributed by atoms with Crippen LogP contribution in [0, 0.1) is 0 Å². The Balaban J connectivity index is 0. The van der Waals surface area contributed by atoms with E-state index in [4.69, 9.17) is 11.5 Å². The monoisotopic (exact) mass is 212 g/mol. The van der Waals surface area contributed by atoms with Crippen LogP contribution in [0.15, 0.2) is 0 Å². The largest absolute Gasteiger partial charge is 1.00 e. The van der Waals surface area contributed by atoms with E-state index >= 15 is 0 Å². The molecule has 0 aromatic heterocycles. The van der Waals surface area contributed by atoms with Gasteiger partial charge in [0.05, 0.1) is 0 Å². The van der Waals surface area contributed by atoms with Gasteiger partial charge in [0.25, 0.3) is 0 Å². The molecule has 0 amide bonds. The molecule has 0 spiro atoms. The van der Waals surface area contributed by atoms with E-state index in [0.29, 0.717) is 6.54 Å². The van der Waals surface area contributed by atoms with E-state index in [0.717, 1.165) is 12.8 Å². The third-order valence-corrected chi connectivity index (χ3v) is 2.01. The van der Waals surface area contributed by atoms with Gasteiger partial charge >= 0.3 is 17.1 Å². The first kappa shape index (κ1) is 13.3. The molecule has 0 saturated heterocycles. The van der Waals surface area contributed by atoms with Crippen molar-refractivity contribution in [1.29, 1.82) is 0 Å². The fourth-order valence-electron chi connectivity index (χ4n) is 1.28. The first-order chi connectivity index (χ1) is 3.77.